The third kappa shape index (κ3) is 3.35. The molecule has 0 bridgehead atoms. The number of likely N-dealkylation sites (tertiary alicyclic amines) is 1. The predicted octanol–water partition coefficient (Wildman–Crippen LogP) is 1.35. The molecular formula is C15H21NO5S. The molecule has 0 atom stereocenters. The molecule has 1 amide bonds. The van der Waals surface area contributed by atoms with Gasteiger partial charge in [0.1, 0.15) is 9.84 Å². The number of rotatable bonds is 4. The van der Waals surface area contributed by atoms with Gasteiger partial charge >= 0.3 is 0 Å². The standard InChI is InChI=1S/C15H21NO5S/c1-20-13-6-4-5-12(14(13)21-2)15(17)16-9-7-11(8-10-16)22(3,18)19/h4-6,11H,7-10H2,1-3H3. The zero-order valence-corrected chi connectivity index (χ0v) is 13.9. The predicted molar refractivity (Wildman–Crippen MR) is 83.3 cm³/mol. The molecule has 22 heavy (non-hydrogen) atoms. The first-order valence-corrected chi connectivity index (χ1v) is 9.03. The highest BCUT2D eigenvalue weighted by molar-refractivity contribution is 7.91. The summed E-state index contributed by atoms with van der Waals surface area (Å²) in [5, 5.41) is -0.358. The lowest BCUT2D eigenvalue weighted by Crippen LogP contribution is -2.42. The first-order chi connectivity index (χ1) is 10.4. The van der Waals surface area contributed by atoms with E-state index in [0.717, 1.165) is 0 Å². The molecule has 1 aromatic carbocycles. The first kappa shape index (κ1) is 16.6. The maximum Gasteiger partial charge on any atom is 0.257 e. The van der Waals surface area contributed by atoms with Gasteiger partial charge in [-0.1, -0.05) is 6.07 Å². The third-order valence-corrected chi connectivity index (χ3v) is 5.65. The summed E-state index contributed by atoms with van der Waals surface area (Å²) in [5.41, 5.74) is 0.430. The van der Waals surface area contributed by atoms with Crippen molar-refractivity contribution in [1.29, 1.82) is 0 Å². The Morgan fingerprint density at radius 1 is 1.18 bits per heavy atom. The van der Waals surface area contributed by atoms with E-state index in [0.29, 0.717) is 43.0 Å². The highest BCUT2D eigenvalue weighted by atomic mass is 32.2. The van der Waals surface area contributed by atoms with Crippen LogP contribution in [-0.2, 0) is 9.84 Å². The average molecular weight is 327 g/mol. The third-order valence-electron chi connectivity index (χ3n) is 3.97. The van der Waals surface area contributed by atoms with Gasteiger partial charge in [0, 0.05) is 19.3 Å². The Kier molecular flexibility index (Phi) is 4.95. The fraction of sp³-hybridized carbons (Fsp3) is 0.533. The molecule has 7 heteroatoms. The van der Waals surface area contributed by atoms with Gasteiger partial charge in [0.2, 0.25) is 0 Å². The second-order valence-electron chi connectivity index (χ2n) is 5.36. The monoisotopic (exact) mass is 327 g/mol. The van der Waals surface area contributed by atoms with Crippen LogP contribution in [-0.4, -0.2) is 58.0 Å². The second kappa shape index (κ2) is 6.56. The van der Waals surface area contributed by atoms with Crippen LogP contribution in [0.1, 0.15) is 23.2 Å². The molecule has 0 radical (unpaired) electrons. The molecule has 0 unspecified atom stereocenters. The van der Waals surface area contributed by atoms with Crippen molar-refractivity contribution in [3.63, 3.8) is 0 Å². The topological polar surface area (TPSA) is 72.9 Å². The Morgan fingerprint density at radius 3 is 2.32 bits per heavy atom. The number of carbonyl (C=O) groups excluding carboxylic acids is 1. The number of hydrogen-bond acceptors (Lipinski definition) is 5. The van der Waals surface area contributed by atoms with Gasteiger partial charge in [-0.25, -0.2) is 8.42 Å². The lowest BCUT2D eigenvalue weighted by Gasteiger charge is -2.31. The first-order valence-electron chi connectivity index (χ1n) is 7.07. The van der Waals surface area contributed by atoms with Crippen LogP contribution in [0.25, 0.3) is 0 Å². The van der Waals surface area contributed by atoms with Crippen molar-refractivity contribution < 1.29 is 22.7 Å². The number of hydrogen-bond donors (Lipinski definition) is 0. The fourth-order valence-electron chi connectivity index (χ4n) is 2.71. The van der Waals surface area contributed by atoms with E-state index >= 15 is 0 Å². The Labute approximate surface area is 130 Å². The molecule has 0 N–H and O–H groups in total. The smallest absolute Gasteiger partial charge is 0.257 e. The molecule has 0 saturated carbocycles. The van der Waals surface area contributed by atoms with E-state index in [1.54, 1.807) is 23.1 Å². The molecule has 122 valence electrons. The summed E-state index contributed by atoms with van der Waals surface area (Å²) in [6.07, 6.45) is 2.19. The van der Waals surface area contributed by atoms with Gasteiger partial charge in [-0.05, 0) is 25.0 Å². The van der Waals surface area contributed by atoms with E-state index in [1.807, 2.05) is 0 Å². The zero-order chi connectivity index (χ0) is 16.3. The van der Waals surface area contributed by atoms with Crippen LogP contribution in [0.4, 0.5) is 0 Å². The number of nitrogens with zero attached hydrogens (tertiary/aromatic N) is 1. The Hall–Kier alpha value is -1.76. The molecule has 1 fully saturated rings. The SMILES string of the molecule is COc1cccc(C(=O)N2CCC(S(C)(=O)=O)CC2)c1OC. The van der Waals surface area contributed by atoms with Crippen LogP contribution in [0.15, 0.2) is 18.2 Å². The number of benzene rings is 1. The van der Waals surface area contributed by atoms with E-state index in [1.165, 1.54) is 20.5 Å². The van der Waals surface area contributed by atoms with Gasteiger partial charge in [0.15, 0.2) is 11.5 Å². The van der Waals surface area contributed by atoms with Crippen LogP contribution < -0.4 is 9.47 Å². The quantitative estimate of drug-likeness (QED) is 0.835. The number of piperidine rings is 1. The molecule has 2 rings (SSSR count). The molecule has 1 aliphatic rings. The Balaban J connectivity index is 2.17. The summed E-state index contributed by atoms with van der Waals surface area (Å²) in [6.45, 7) is 0.855. The number of para-hydroxylation sites is 1. The normalized spacial score (nSPS) is 16.4. The summed E-state index contributed by atoms with van der Waals surface area (Å²) in [4.78, 5) is 14.3. The van der Waals surface area contributed by atoms with Crippen molar-refractivity contribution in [3.05, 3.63) is 23.8 Å². The molecular weight excluding hydrogens is 306 g/mol. The lowest BCUT2D eigenvalue weighted by molar-refractivity contribution is 0.0721. The van der Waals surface area contributed by atoms with Crippen molar-refractivity contribution in [2.75, 3.05) is 33.6 Å². The van der Waals surface area contributed by atoms with Gasteiger partial charge < -0.3 is 14.4 Å². The Bertz CT molecular complexity index is 648. The summed E-state index contributed by atoms with van der Waals surface area (Å²) >= 11 is 0. The minimum atomic E-state index is -3.05. The van der Waals surface area contributed by atoms with Gasteiger partial charge in [0.05, 0.1) is 25.0 Å². The van der Waals surface area contributed by atoms with Crippen LogP contribution in [0.5, 0.6) is 11.5 Å². The number of sulfone groups is 1. The molecule has 0 spiro atoms. The molecule has 1 heterocycles. The van der Waals surface area contributed by atoms with Crippen molar-refractivity contribution in [2.45, 2.75) is 18.1 Å². The van der Waals surface area contributed by atoms with E-state index in [4.69, 9.17) is 9.47 Å². The molecule has 1 saturated heterocycles. The maximum absolute atomic E-state index is 12.6. The van der Waals surface area contributed by atoms with Crippen LogP contribution in [0, 0.1) is 0 Å². The number of amides is 1. The van der Waals surface area contributed by atoms with Crippen molar-refractivity contribution in [1.82, 2.24) is 4.90 Å². The minimum Gasteiger partial charge on any atom is -0.493 e. The highest BCUT2D eigenvalue weighted by Crippen LogP contribution is 2.32. The van der Waals surface area contributed by atoms with Gasteiger partial charge in [-0.2, -0.15) is 0 Å². The highest BCUT2D eigenvalue weighted by Gasteiger charge is 2.30. The second-order valence-corrected chi connectivity index (χ2v) is 7.69. The van der Waals surface area contributed by atoms with Crippen LogP contribution in [0.3, 0.4) is 0 Å². The van der Waals surface area contributed by atoms with E-state index in [2.05, 4.69) is 0 Å². The maximum atomic E-state index is 12.6. The van der Waals surface area contributed by atoms with Crippen LogP contribution >= 0.6 is 0 Å². The van der Waals surface area contributed by atoms with E-state index in [-0.39, 0.29) is 11.2 Å². The molecule has 6 nitrogen and oxygen atoms in total. The van der Waals surface area contributed by atoms with Crippen molar-refractivity contribution in [2.24, 2.45) is 0 Å². The average Bonchev–Trinajstić information content (AvgIpc) is 2.52. The van der Waals surface area contributed by atoms with Gasteiger partial charge in [-0.3, -0.25) is 4.79 Å². The molecule has 0 aromatic heterocycles. The summed E-state index contributed by atoms with van der Waals surface area (Å²) in [7, 11) is -0.0376. The number of ether oxygens (including phenoxy) is 2. The lowest BCUT2D eigenvalue weighted by atomic mass is 10.1. The molecule has 0 aliphatic carbocycles. The summed E-state index contributed by atoms with van der Waals surface area (Å²) < 4.78 is 33.6. The molecule has 1 aliphatic heterocycles. The van der Waals surface area contributed by atoms with Crippen LogP contribution in [0.2, 0.25) is 0 Å². The zero-order valence-electron chi connectivity index (χ0n) is 13.0. The fourth-order valence-corrected chi connectivity index (χ4v) is 3.78. The number of carbonyl (C=O) groups is 1. The van der Waals surface area contributed by atoms with Crippen molar-refractivity contribution >= 4 is 15.7 Å². The number of methoxy groups -OCH3 is 2. The van der Waals surface area contributed by atoms with Crippen molar-refractivity contribution in [3.8, 4) is 11.5 Å². The van der Waals surface area contributed by atoms with Gasteiger partial charge in [0.25, 0.3) is 5.91 Å². The molecule has 1 aromatic rings. The van der Waals surface area contributed by atoms with E-state index < -0.39 is 9.84 Å². The summed E-state index contributed by atoms with van der Waals surface area (Å²) in [5.74, 6) is 0.738. The summed E-state index contributed by atoms with van der Waals surface area (Å²) in [6, 6.07) is 5.15. The largest absolute Gasteiger partial charge is 0.493 e. The van der Waals surface area contributed by atoms with Gasteiger partial charge in [-0.15, -0.1) is 0 Å². The minimum absolute atomic E-state index is 0.164. The van der Waals surface area contributed by atoms with E-state index in [9.17, 15) is 13.2 Å². The Morgan fingerprint density at radius 2 is 1.82 bits per heavy atom.